The van der Waals surface area contributed by atoms with E-state index in [2.05, 4.69) is 23.4 Å². The summed E-state index contributed by atoms with van der Waals surface area (Å²) in [7, 11) is 0. The van der Waals surface area contributed by atoms with Crippen LogP contribution in [0.2, 0.25) is 0 Å². The van der Waals surface area contributed by atoms with Crippen molar-refractivity contribution in [2.24, 2.45) is 0 Å². The van der Waals surface area contributed by atoms with Gasteiger partial charge in [-0.05, 0) is 38.3 Å². The molecule has 0 fully saturated rings. The quantitative estimate of drug-likeness (QED) is 0.822. The Hall–Kier alpha value is -1.88. The molecule has 0 radical (unpaired) electrons. The Balaban J connectivity index is 2.57. The zero-order chi connectivity index (χ0) is 15.4. The van der Waals surface area contributed by atoms with E-state index < -0.39 is 5.97 Å². The van der Waals surface area contributed by atoms with E-state index >= 15 is 0 Å². The first-order valence-corrected chi connectivity index (χ1v) is 7.44. The van der Waals surface area contributed by atoms with Gasteiger partial charge in [0.15, 0.2) is 0 Å². The molecule has 1 unspecified atom stereocenters. The number of aliphatic hydroxyl groups excluding tert-OH is 1. The third-order valence-electron chi connectivity index (χ3n) is 3.72. The molecule has 5 heteroatoms. The van der Waals surface area contributed by atoms with Crippen molar-refractivity contribution in [3.05, 3.63) is 29.6 Å². The first kappa shape index (κ1) is 15.5. The number of carbonyl (C=O) groups is 1. The van der Waals surface area contributed by atoms with Crippen molar-refractivity contribution in [3.63, 3.8) is 0 Å². The highest BCUT2D eigenvalue weighted by Gasteiger charge is 2.19. The Labute approximate surface area is 124 Å². The molecule has 1 heterocycles. The number of nitrogens with zero attached hydrogens (tertiary/aromatic N) is 2. The molecule has 2 rings (SSSR count). The number of aromatic carboxylic acids is 1. The van der Waals surface area contributed by atoms with Crippen molar-refractivity contribution in [3.8, 4) is 0 Å². The second-order valence-corrected chi connectivity index (χ2v) is 5.34. The summed E-state index contributed by atoms with van der Waals surface area (Å²) in [5.41, 5.74) is 1.67. The van der Waals surface area contributed by atoms with Crippen LogP contribution in [0, 0.1) is 0 Å². The molecular weight excluding hydrogens is 268 g/mol. The summed E-state index contributed by atoms with van der Waals surface area (Å²) in [4.78, 5) is 15.9. The number of aliphatic hydroxyl groups is 1. The number of rotatable bonds is 7. The molecule has 0 aliphatic heterocycles. The first-order chi connectivity index (χ1) is 10.1. The summed E-state index contributed by atoms with van der Waals surface area (Å²) in [6.45, 7) is 4.34. The average Bonchev–Trinajstić information content (AvgIpc) is 2.82. The molecule has 0 saturated heterocycles. The molecule has 2 aromatic rings. The lowest BCUT2D eigenvalue weighted by molar-refractivity contribution is 0.0699. The summed E-state index contributed by atoms with van der Waals surface area (Å²) in [6.07, 6.45) is 3.34. The predicted molar refractivity (Wildman–Crippen MR) is 81.7 cm³/mol. The molecule has 1 aromatic carbocycles. The van der Waals surface area contributed by atoms with Gasteiger partial charge in [0, 0.05) is 19.1 Å². The third-order valence-corrected chi connectivity index (χ3v) is 3.72. The van der Waals surface area contributed by atoms with E-state index in [9.17, 15) is 9.90 Å². The van der Waals surface area contributed by atoms with Crippen LogP contribution in [0.4, 0.5) is 0 Å². The van der Waals surface area contributed by atoms with Crippen LogP contribution >= 0.6 is 0 Å². The maximum absolute atomic E-state index is 11.4. The number of carboxylic acids is 1. The topological polar surface area (TPSA) is 75.3 Å². The van der Waals surface area contributed by atoms with Gasteiger partial charge in [0.25, 0.3) is 0 Å². The summed E-state index contributed by atoms with van der Waals surface area (Å²) < 4.78 is 2.13. The lowest BCUT2D eigenvalue weighted by Gasteiger charge is -2.17. The summed E-state index contributed by atoms with van der Waals surface area (Å²) in [5.74, 6) is -0.0250. The van der Waals surface area contributed by atoms with Gasteiger partial charge in [0.05, 0.1) is 11.1 Å². The fraction of sp³-hybridized carbons (Fsp3) is 0.500. The molecule has 114 valence electrons. The molecular formula is C16H22N2O3. The van der Waals surface area contributed by atoms with Crippen LogP contribution in [0.5, 0.6) is 0 Å². The minimum atomic E-state index is -0.948. The predicted octanol–water partition coefficient (Wildman–Crippen LogP) is 3.02. The van der Waals surface area contributed by atoms with Crippen molar-refractivity contribution < 1.29 is 15.0 Å². The van der Waals surface area contributed by atoms with Crippen molar-refractivity contribution >= 4 is 17.0 Å². The second kappa shape index (κ2) is 6.72. The molecule has 0 aliphatic rings. The average molecular weight is 290 g/mol. The van der Waals surface area contributed by atoms with Crippen molar-refractivity contribution in [2.45, 2.75) is 45.6 Å². The largest absolute Gasteiger partial charge is 0.478 e. The lowest BCUT2D eigenvalue weighted by Crippen LogP contribution is -2.10. The van der Waals surface area contributed by atoms with Crippen LogP contribution < -0.4 is 0 Å². The maximum atomic E-state index is 11.4. The number of para-hydroxylation sites is 1. The van der Waals surface area contributed by atoms with Crippen LogP contribution in [-0.4, -0.2) is 32.3 Å². The first-order valence-electron chi connectivity index (χ1n) is 7.44. The van der Waals surface area contributed by atoms with Gasteiger partial charge in [-0.1, -0.05) is 13.0 Å². The molecule has 5 nitrogen and oxygen atoms in total. The van der Waals surface area contributed by atoms with Crippen molar-refractivity contribution in [1.82, 2.24) is 9.55 Å². The lowest BCUT2D eigenvalue weighted by atomic mass is 10.1. The molecule has 0 bridgehead atoms. The van der Waals surface area contributed by atoms with Gasteiger partial charge in [-0.25, -0.2) is 9.78 Å². The van der Waals surface area contributed by atoms with Gasteiger partial charge in [0.2, 0.25) is 0 Å². The number of aromatic nitrogens is 2. The van der Waals surface area contributed by atoms with Gasteiger partial charge in [-0.2, -0.15) is 0 Å². The van der Waals surface area contributed by atoms with Gasteiger partial charge in [-0.15, -0.1) is 0 Å². The SMILES string of the molecule is CCCc1nc2c(C(=O)O)cccc2n1C(C)CCCO. The van der Waals surface area contributed by atoms with Crippen LogP contribution in [0.25, 0.3) is 11.0 Å². The van der Waals surface area contributed by atoms with Crippen molar-refractivity contribution in [2.75, 3.05) is 6.61 Å². The van der Waals surface area contributed by atoms with E-state index in [-0.39, 0.29) is 18.2 Å². The Kier molecular flexibility index (Phi) is 4.96. The number of carboxylic acid groups (broad SMARTS) is 1. The fourth-order valence-electron chi connectivity index (χ4n) is 2.75. The van der Waals surface area contributed by atoms with Crippen LogP contribution in [-0.2, 0) is 6.42 Å². The standard InChI is InChI=1S/C16H22N2O3/c1-3-6-14-17-15-12(16(20)21)8-4-9-13(15)18(14)11(2)7-5-10-19/h4,8-9,11,19H,3,5-7,10H2,1-2H3,(H,20,21). The normalized spacial score (nSPS) is 12.7. The van der Waals surface area contributed by atoms with Crippen LogP contribution in [0.15, 0.2) is 18.2 Å². The number of fused-ring (bicyclic) bond motifs is 1. The summed E-state index contributed by atoms with van der Waals surface area (Å²) in [5, 5.41) is 18.3. The Morgan fingerprint density at radius 3 is 2.81 bits per heavy atom. The van der Waals surface area contributed by atoms with Gasteiger partial charge >= 0.3 is 5.97 Å². The van der Waals surface area contributed by atoms with E-state index in [4.69, 9.17) is 5.11 Å². The van der Waals surface area contributed by atoms with E-state index in [1.54, 1.807) is 12.1 Å². The maximum Gasteiger partial charge on any atom is 0.337 e. The Morgan fingerprint density at radius 1 is 1.43 bits per heavy atom. The second-order valence-electron chi connectivity index (χ2n) is 5.34. The minimum Gasteiger partial charge on any atom is -0.478 e. The monoisotopic (exact) mass is 290 g/mol. The Bertz CT molecular complexity index is 634. The number of imidazole rings is 1. The van der Waals surface area contributed by atoms with Gasteiger partial charge in [0.1, 0.15) is 11.3 Å². The van der Waals surface area contributed by atoms with E-state index in [0.717, 1.165) is 37.0 Å². The third kappa shape index (κ3) is 3.08. The molecule has 0 amide bonds. The molecule has 2 N–H and O–H groups in total. The fourth-order valence-corrected chi connectivity index (χ4v) is 2.75. The number of hydrogen-bond donors (Lipinski definition) is 2. The van der Waals surface area contributed by atoms with E-state index in [1.807, 2.05) is 6.07 Å². The van der Waals surface area contributed by atoms with Gasteiger partial charge < -0.3 is 14.8 Å². The zero-order valence-corrected chi connectivity index (χ0v) is 12.5. The van der Waals surface area contributed by atoms with Crippen LogP contribution in [0.3, 0.4) is 0 Å². The van der Waals surface area contributed by atoms with E-state index in [0.29, 0.717) is 5.52 Å². The molecule has 1 atom stereocenters. The highest BCUT2D eigenvalue weighted by Crippen LogP contribution is 2.27. The number of benzene rings is 1. The highest BCUT2D eigenvalue weighted by atomic mass is 16.4. The number of aryl methyl sites for hydroxylation is 1. The van der Waals surface area contributed by atoms with E-state index in [1.165, 1.54) is 0 Å². The smallest absolute Gasteiger partial charge is 0.337 e. The molecule has 1 aromatic heterocycles. The minimum absolute atomic E-state index is 0.167. The number of hydrogen-bond acceptors (Lipinski definition) is 3. The zero-order valence-electron chi connectivity index (χ0n) is 12.5. The molecule has 21 heavy (non-hydrogen) atoms. The molecule has 0 spiro atoms. The summed E-state index contributed by atoms with van der Waals surface area (Å²) in [6, 6.07) is 5.46. The van der Waals surface area contributed by atoms with Gasteiger partial charge in [-0.3, -0.25) is 0 Å². The molecule has 0 saturated carbocycles. The van der Waals surface area contributed by atoms with Crippen LogP contribution in [0.1, 0.15) is 55.3 Å². The van der Waals surface area contributed by atoms with Crippen molar-refractivity contribution in [1.29, 1.82) is 0 Å². The summed E-state index contributed by atoms with van der Waals surface area (Å²) >= 11 is 0. The highest BCUT2D eigenvalue weighted by molar-refractivity contribution is 6.01. The Morgan fingerprint density at radius 2 is 2.19 bits per heavy atom. The molecule has 0 aliphatic carbocycles.